The minimum absolute atomic E-state index is 0.163. The summed E-state index contributed by atoms with van der Waals surface area (Å²) >= 11 is 1.61. The highest BCUT2D eigenvalue weighted by atomic mass is 32.2. The summed E-state index contributed by atoms with van der Waals surface area (Å²) in [5.41, 5.74) is 2.27. The van der Waals surface area contributed by atoms with Gasteiger partial charge in [0.1, 0.15) is 17.3 Å². The molecule has 5 nitrogen and oxygen atoms in total. The van der Waals surface area contributed by atoms with E-state index in [1.54, 1.807) is 24.7 Å². The number of thiophene rings is 1. The Balaban J connectivity index is 2.02. The first-order valence-corrected chi connectivity index (χ1v) is 11.1. The second-order valence-electron chi connectivity index (χ2n) is 6.23. The predicted molar refractivity (Wildman–Crippen MR) is 110 cm³/mol. The first kappa shape index (κ1) is 18.9. The third kappa shape index (κ3) is 4.47. The number of hydrogen-bond donors (Lipinski definition) is 1. The molecule has 0 saturated carbocycles. The van der Waals surface area contributed by atoms with Crippen LogP contribution in [0.25, 0.3) is 21.3 Å². The molecular weight excluding hydrogens is 366 g/mol. The number of benzene rings is 1. The second-order valence-corrected chi connectivity index (χ2v) is 8.64. The monoisotopic (exact) mass is 389 g/mol. The Labute approximate surface area is 160 Å². The van der Waals surface area contributed by atoms with Gasteiger partial charge in [-0.2, -0.15) is 0 Å². The highest BCUT2D eigenvalue weighted by Gasteiger charge is 2.17. The number of methoxy groups -OCH3 is 1. The fraction of sp³-hybridized carbons (Fsp3) is 0.368. The molecule has 7 heteroatoms. The van der Waals surface area contributed by atoms with Gasteiger partial charge in [-0.15, -0.1) is 11.3 Å². The zero-order chi connectivity index (χ0) is 18.5. The van der Waals surface area contributed by atoms with Crippen molar-refractivity contribution >= 4 is 38.2 Å². The molecule has 0 bridgehead atoms. The maximum atomic E-state index is 11.4. The van der Waals surface area contributed by atoms with Crippen LogP contribution in [0.2, 0.25) is 0 Å². The van der Waals surface area contributed by atoms with Crippen molar-refractivity contribution in [2.75, 3.05) is 24.4 Å². The average molecular weight is 390 g/mol. The van der Waals surface area contributed by atoms with Gasteiger partial charge in [0, 0.05) is 46.9 Å². The van der Waals surface area contributed by atoms with Gasteiger partial charge >= 0.3 is 0 Å². The van der Waals surface area contributed by atoms with Crippen molar-refractivity contribution in [3.8, 4) is 11.1 Å². The minimum Gasteiger partial charge on any atom is -0.377 e. The molecule has 0 unspecified atom stereocenters. The molecule has 0 amide bonds. The molecule has 26 heavy (non-hydrogen) atoms. The third-order valence-corrected chi connectivity index (χ3v) is 5.74. The molecule has 0 saturated heterocycles. The molecule has 2 aromatic heterocycles. The van der Waals surface area contributed by atoms with Gasteiger partial charge in [0.15, 0.2) is 5.82 Å². The van der Waals surface area contributed by atoms with Crippen molar-refractivity contribution in [1.82, 2.24) is 9.97 Å². The number of hydrogen-bond acceptors (Lipinski definition) is 6. The first-order valence-electron chi connectivity index (χ1n) is 8.47. The summed E-state index contributed by atoms with van der Waals surface area (Å²) in [5, 5.41) is 6.66. The molecule has 0 aliphatic heterocycles. The fourth-order valence-electron chi connectivity index (χ4n) is 2.76. The van der Waals surface area contributed by atoms with Crippen LogP contribution < -0.4 is 5.32 Å². The van der Waals surface area contributed by atoms with Gasteiger partial charge in [-0.1, -0.05) is 30.3 Å². The number of fused-ring (bicyclic) bond motifs is 1. The van der Waals surface area contributed by atoms with Gasteiger partial charge in [0.25, 0.3) is 0 Å². The Morgan fingerprint density at radius 2 is 2.04 bits per heavy atom. The third-order valence-electron chi connectivity index (χ3n) is 4.06. The van der Waals surface area contributed by atoms with Crippen LogP contribution in [0.5, 0.6) is 0 Å². The number of anilines is 1. The Kier molecular flexibility index (Phi) is 6.34. The maximum absolute atomic E-state index is 11.4. The first-order chi connectivity index (χ1) is 12.6. The van der Waals surface area contributed by atoms with Crippen LogP contribution in [0.15, 0.2) is 35.7 Å². The average Bonchev–Trinajstić information content (AvgIpc) is 3.05. The van der Waals surface area contributed by atoms with Gasteiger partial charge in [-0.05, 0) is 18.9 Å². The van der Waals surface area contributed by atoms with E-state index in [1.807, 2.05) is 18.2 Å². The van der Waals surface area contributed by atoms with E-state index in [0.29, 0.717) is 18.2 Å². The quantitative estimate of drug-likeness (QED) is 0.629. The minimum atomic E-state index is -0.796. The largest absolute Gasteiger partial charge is 0.377 e. The Morgan fingerprint density at radius 1 is 1.27 bits per heavy atom. The van der Waals surface area contributed by atoms with Gasteiger partial charge < -0.3 is 10.1 Å². The number of rotatable bonds is 8. The van der Waals surface area contributed by atoms with Crippen LogP contribution in [0.3, 0.4) is 0 Å². The Bertz CT molecular complexity index is 896. The van der Waals surface area contributed by atoms with Gasteiger partial charge in [-0.3, -0.25) is 4.21 Å². The molecule has 1 aromatic carbocycles. The lowest BCUT2D eigenvalue weighted by Crippen LogP contribution is -2.19. The van der Waals surface area contributed by atoms with Crippen molar-refractivity contribution in [2.45, 2.75) is 26.0 Å². The molecule has 3 rings (SSSR count). The lowest BCUT2D eigenvalue weighted by molar-refractivity contribution is 0.178. The van der Waals surface area contributed by atoms with Gasteiger partial charge in [-0.25, -0.2) is 9.97 Å². The number of nitrogens with one attached hydrogen (secondary N) is 1. The van der Waals surface area contributed by atoms with Gasteiger partial charge in [0.05, 0.1) is 5.39 Å². The summed E-state index contributed by atoms with van der Waals surface area (Å²) in [6.45, 7) is 2.46. The summed E-state index contributed by atoms with van der Waals surface area (Å²) in [4.78, 5) is 10.3. The van der Waals surface area contributed by atoms with E-state index in [9.17, 15) is 4.21 Å². The van der Waals surface area contributed by atoms with Crippen LogP contribution in [-0.2, 0) is 22.1 Å². The maximum Gasteiger partial charge on any atom is 0.158 e. The smallest absolute Gasteiger partial charge is 0.158 e. The normalized spacial score (nSPS) is 13.7. The van der Waals surface area contributed by atoms with Crippen LogP contribution in [0, 0.1) is 0 Å². The van der Waals surface area contributed by atoms with Crippen LogP contribution in [0.1, 0.15) is 19.2 Å². The molecule has 2 heterocycles. The SMILES string of the molecule is COCc1nc(N[C@@H](C)CC[S@](C)=O)c2c(-c3ccccc3)csc2n1. The molecule has 0 radical (unpaired) electrons. The highest BCUT2D eigenvalue weighted by Crippen LogP contribution is 2.37. The molecule has 0 spiro atoms. The fourth-order valence-corrected chi connectivity index (χ4v) is 4.41. The second kappa shape index (κ2) is 8.70. The zero-order valence-electron chi connectivity index (χ0n) is 15.2. The van der Waals surface area contributed by atoms with Crippen molar-refractivity contribution in [1.29, 1.82) is 0 Å². The van der Waals surface area contributed by atoms with E-state index in [-0.39, 0.29) is 6.04 Å². The van der Waals surface area contributed by atoms with Crippen molar-refractivity contribution < 1.29 is 8.95 Å². The standard InChI is InChI=1S/C19H23N3O2S2/c1-13(9-10-26(3)23)20-18-17-15(14-7-5-4-6-8-14)12-25-19(17)22-16(21-18)11-24-2/h4-8,12-13H,9-11H2,1-3H3,(H,20,21,22)/t13-,26-/m0/s1. The molecule has 0 aliphatic carbocycles. The molecule has 138 valence electrons. The van der Waals surface area contributed by atoms with E-state index in [4.69, 9.17) is 9.72 Å². The summed E-state index contributed by atoms with van der Waals surface area (Å²) in [6, 6.07) is 10.4. The van der Waals surface area contributed by atoms with Crippen LogP contribution in [-0.4, -0.2) is 39.3 Å². The van der Waals surface area contributed by atoms with E-state index in [2.05, 4.69) is 34.7 Å². The number of nitrogens with zero attached hydrogens (tertiary/aromatic N) is 2. The molecule has 0 fully saturated rings. The molecular formula is C19H23N3O2S2. The molecule has 3 aromatic rings. The van der Waals surface area contributed by atoms with Crippen LogP contribution in [0.4, 0.5) is 5.82 Å². The number of ether oxygens (including phenoxy) is 1. The topological polar surface area (TPSA) is 64.1 Å². The van der Waals surface area contributed by atoms with E-state index < -0.39 is 10.8 Å². The predicted octanol–water partition coefficient (Wildman–Crippen LogP) is 4.07. The summed E-state index contributed by atoms with van der Waals surface area (Å²) in [6.07, 6.45) is 2.55. The van der Waals surface area contributed by atoms with Crippen molar-refractivity contribution in [3.05, 3.63) is 41.5 Å². The molecule has 0 aliphatic rings. The number of aromatic nitrogens is 2. The lowest BCUT2D eigenvalue weighted by atomic mass is 10.1. The molecule has 2 atom stereocenters. The van der Waals surface area contributed by atoms with Crippen molar-refractivity contribution in [3.63, 3.8) is 0 Å². The van der Waals surface area contributed by atoms with Crippen LogP contribution >= 0.6 is 11.3 Å². The van der Waals surface area contributed by atoms with Gasteiger partial charge in [0.2, 0.25) is 0 Å². The molecule has 1 N–H and O–H groups in total. The van der Waals surface area contributed by atoms with E-state index >= 15 is 0 Å². The Hall–Kier alpha value is -1.83. The lowest BCUT2D eigenvalue weighted by Gasteiger charge is -2.16. The zero-order valence-corrected chi connectivity index (χ0v) is 16.8. The summed E-state index contributed by atoms with van der Waals surface area (Å²) < 4.78 is 16.6. The highest BCUT2D eigenvalue weighted by molar-refractivity contribution is 7.84. The Morgan fingerprint density at radius 3 is 2.73 bits per heavy atom. The van der Waals surface area contributed by atoms with E-state index in [1.165, 1.54) is 0 Å². The summed E-state index contributed by atoms with van der Waals surface area (Å²) in [5.74, 6) is 2.15. The summed E-state index contributed by atoms with van der Waals surface area (Å²) in [7, 11) is 0.847. The van der Waals surface area contributed by atoms with E-state index in [0.717, 1.165) is 33.6 Å². The van der Waals surface area contributed by atoms with Crippen molar-refractivity contribution in [2.24, 2.45) is 0 Å².